The van der Waals surface area contributed by atoms with Crippen LogP contribution in [0.5, 0.6) is 0 Å². The number of quaternary nitrogens is 1. The minimum atomic E-state index is -4.51. The molecule has 0 N–H and O–H groups in total. The second-order valence-electron chi connectivity index (χ2n) is 11.4. The lowest BCUT2D eigenvalue weighted by Gasteiger charge is -2.30. The number of phosphoric acid groups is 1. The van der Waals surface area contributed by atoms with Gasteiger partial charge in [-0.15, -0.1) is 0 Å². The second kappa shape index (κ2) is 20.0. The molecule has 1 heterocycles. The SMILES string of the molecule is CC1C/C=C/CC/C=C/CCCCCCCCCCCCC(OP(=O)([O-])OCC[N+](C)(C)C)CC(=O)O1. The van der Waals surface area contributed by atoms with Crippen molar-refractivity contribution in [1.29, 1.82) is 0 Å². The first-order valence-electron chi connectivity index (χ1n) is 14.5. The number of cyclic esters (lactones) is 1. The van der Waals surface area contributed by atoms with Crippen LogP contribution in [0.25, 0.3) is 0 Å². The predicted molar refractivity (Wildman–Crippen MR) is 149 cm³/mol. The Kier molecular flexibility index (Phi) is 18.4. The molecule has 0 bridgehead atoms. The summed E-state index contributed by atoms with van der Waals surface area (Å²) >= 11 is 0. The summed E-state index contributed by atoms with van der Waals surface area (Å²) in [5.41, 5.74) is 0. The Hall–Kier alpha value is -0.980. The van der Waals surface area contributed by atoms with Gasteiger partial charge in [0.05, 0.1) is 33.7 Å². The minimum Gasteiger partial charge on any atom is -0.756 e. The highest BCUT2D eigenvalue weighted by atomic mass is 31.2. The first-order valence-corrected chi connectivity index (χ1v) is 16.0. The van der Waals surface area contributed by atoms with Crippen LogP contribution >= 0.6 is 7.82 Å². The number of likely N-dealkylation sites (N-methyl/N-ethyl adjacent to an activating group) is 1. The van der Waals surface area contributed by atoms with Gasteiger partial charge in [-0.3, -0.25) is 9.36 Å². The summed E-state index contributed by atoms with van der Waals surface area (Å²) in [7, 11) is 1.37. The van der Waals surface area contributed by atoms with Crippen LogP contribution < -0.4 is 4.89 Å². The number of rotatable bonds is 6. The van der Waals surface area contributed by atoms with Gasteiger partial charge in [0.15, 0.2) is 0 Å². The van der Waals surface area contributed by atoms with Gasteiger partial charge in [0.2, 0.25) is 0 Å². The van der Waals surface area contributed by atoms with E-state index in [2.05, 4.69) is 18.2 Å². The summed E-state index contributed by atoms with van der Waals surface area (Å²) in [6.07, 6.45) is 23.7. The Morgan fingerprint density at radius 1 is 0.892 bits per heavy atom. The van der Waals surface area contributed by atoms with Crippen LogP contribution in [0, 0.1) is 0 Å². The molecule has 0 aromatic rings. The zero-order valence-electron chi connectivity index (χ0n) is 24.0. The first kappa shape index (κ1) is 34.0. The van der Waals surface area contributed by atoms with Crippen molar-refractivity contribution in [2.45, 2.75) is 122 Å². The Morgan fingerprint density at radius 2 is 1.43 bits per heavy atom. The molecule has 216 valence electrons. The highest BCUT2D eigenvalue weighted by molar-refractivity contribution is 7.45. The van der Waals surface area contributed by atoms with Gasteiger partial charge < -0.3 is 23.2 Å². The molecule has 8 heteroatoms. The van der Waals surface area contributed by atoms with E-state index in [1.807, 2.05) is 34.1 Å². The van der Waals surface area contributed by atoms with Gasteiger partial charge in [-0.05, 0) is 39.0 Å². The van der Waals surface area contributed by atoms with Crippen molar-refractivity contribution in [3.05, 3.63) is 24.3 Å². The number of carbonyl (C=O) groups is 1. The predicted octanol–water partition coefficient (Wildman–Crippen LogP) is 6.86. The van der Waals surface area contributed by atoms with E-state index in [0.717, 1.165) is 32.1 Å². The van der Waals surface area contributed by atoms with Crippen LogP contribution in [0.4, 0.5) is 0 Å². The van der Waals surface area contributed by atoms with Gasteiger partial charge in [-0.2, -0.15) is 0 Å². The van der Waals surface area contributed by atoms with Crippen LogP contribution in [0.2, 0.25) is 0 Å². The lowest BCUT2D eigenvalue weighted by molar-refractivity contribution is -0.870. The Balaban J connectivity index is 2.65. The van der Waals surface area contributed by atoms with E-state index < -0.39 is 19.9 Å². The molecule has 0 radical (unpaired) electrons. The average molecular weight is 544 g/mol. The molecule has 0 saturated heterocycles. The zero-order chi connectivity index (χ0) is 27.4. The Morgan fingerprint density at radius 3 is 2.05 bits per heavy atom. The van der Waals surface area contributed by atoms with Crippen molar-refractivity contribution in [1.82, 2.24) is 0 Å². The maximum absolute atomic E-state index is 12.6. The molecule has 0 amide bonds. The molecule has 0 spiro atoms. The van der Waals surface area contributed by atoms with E-state index in [1.165, 1.54) is 51.4 Å². The van der Waals surface area contributed by atoms with Crippen molar-refractivity contribution in [2.24, 2.45) is 0 Å². The number of ether oxygens (including phenoxy) is 1. The average Bonchev–Trinajstić information content (AvgIpc) is 2.78. The van der Waals surface area contributed by atoms with Gasteiger partial charge in [0.1, 0.15) is 19.3 Å². The molecule has 7 nitrogen and oxygen atoms in total. The lowest BCUT2D eigenvalue weighted by Crippen LogP contribution is -2.37. The lowest BCUT2D eigenvalue weighted by atomic mass is 10.0. The standard InChI is InChI=1S/C29H54NO6P/c1-27-22-20-18-16-14-12-10-8-6-5-7-9-11-13-15-17-19-21-23-28(26-29(31)35-27)36-37(32,33)34-25-24-30(2,3)4/h10,12,18,20,27-28H,5-9,11,13-17,19,21-26H2,1-4H3/b12-10+,20-18+. The fourth-order valence-electron chi connectivity index (χ4n) is 4.22. The third-order valence-corrected chi connectivity index (χ3v) is 7.52. The van der Waals surface area contributed by atoms with Crippen molar-refractivity contribution in [3.8, 4) is 0 Å². The van der Waals surface area contributed by atoms with Crippen LogP contribution in [-0.2, 0) is 23.1 Å². The summed E-state index contributed by atoms with van der Waals surface area (Å²) in [5, 5.41) is 0. The minimum absolute atomic E-state index is 0.0423. The summed E-state index contributed by atoms with van der Waals surface area (Å²) in [5.74, 6) is -0.436. The maximum atomic E-state index is 12.6. The largest absolute Gasteiger partial charge is 0.756 e. The third-order valence-electron chi connectivity index (χ3n) is 6.46. The Bertz CT molecular complexity index is 703. The fraction of sp³-hybridized carbons (Fsp3) is 0.828. The van der Waals surface area contributed by atoms with Crippen molar-refractivity contribution in [3.63, 3.8) is 0 Å². The molecule has 3 unspecified atom stereocenters. The molecular formula is C29H54NO6P. The molecule has 0 saturated carbocycles. The zero-order valence-corrected chi connectivity index (χ0v) is 24.9. The number of hydrogen-bond acceptors (Lipinski definition) is 6. The topological polar surface area (TPSA) is 84.9 Å². The number of esters is 1. The molecule has 1 rings (SSSR count). The van der Waals surface area contributed by atoms with E-state index in [0.29, 0.717) is 23.9 Å². The number of allylic oxidation sites excluding steroid dienone is 3. The normalized spacial score (nSPS) is 26.8. The van der Waals surface area contributed by atoms with Crippen LogP contribution in [0.3, 0.4) is 0 Å². The molecule has 1 aliphatic heterocycles. The summed E-state index contributed by atoms with van der Waals surface area (Å²) in [6, 6.07) is 0. The number of carbonyl (C=O) groups excluding carboxylic acids is 1. The fourth-order valence-corrected chi connectivity index (χ4v) is 5.13. The van der Waals surface area contributed by atoms with Crippen molar-refractivity contribution < 1.29 is 32.5 Å². The molecule has 0 fully saturated rings. The van der Waals surface area contributed by atoms with Gasteiger partial charge in [-0.25, -0.2) is 0 Å². The van der Waals surface area contributed by atoms with Gasteiger partial charge in [-0.1, -0.05) is 82.1 Å². The molecule has 0 aromatic heterocycles. The van der Waals surface area contributed by atoms with E-state index in [9.17, 15) is 14.3 Å². The van der Waals surface area contributed by atoms with Crippen LogP contribution in [0.1, 0.15) is 110 Å². The number of nitrogens with zero attached hydrogens (tertiary/aromatic N) is 1. The third kappa shape index (κ3) is 21.6. The monoisotopic (exact) mass is 543 g/mol. The smallest absolute Gasteiger partial charge is 0.308 e. The molecule has 3 atom stereocenters. The molecule has 0 aliphatic carbocycles. The van der Waals surface area contributed by atoms with E-state index in [1.54, 1.807) is 0 Å². The molecular weight excluding hydrogens is 489 g/mol. The second-order valence-corrected chi connectivity index (χ2v) is 12.8. The van der Waals surface area contributed by atoms with E-state index in [4.69, 9.17) is 13.8 Å². The first-order chi connectivity index (χ1) is 17.6. The van der Waals surface area contributed by atoms with Crippen LogP contribution in [-0.4, -0.2) is 57.0 Å². The quantitative estimate of drug-likeness (QED) is 0.157. The maximum Gasteiger partial charge on any atom is 0.308 e. The molecule has 37 heavy (non-hydrogen) atoms. The highest BCUT2D eigenvalue weighted by Gasteiger charge is 2.23. The highest BCUT2D eigenvalue weighted by Crippen LogP contribution is 2.41. The summed E-state index contributed by atoms with van der Waals surface area (Å²) < 4.78 is 29.0. The summed E-state index contributed by atoms with van der Waals surface area (Å²) in [4.78, 5) is 25.0. The molecule has 0 aromatic carbocycles. The van der Waals surface area contributed by atoms with Gasteiger partial charge in [0, 0.05) is 6.42 Å². The van der Waals surface area contributed by atoms with E-state index in [-0.39, 0.29) is 19.1 Å². The Labute approximate surface area is 226 Å². The summed E-state index contributed by atoms with van der Waals surface area (Å²) in [6.45, 7) is 2.43. The van der Waals surface area contributed by atoms with Crippen molar-refractivity contribution in [2.75, 3.05) is 34.3 Å². The molecule has 1 aliphatic rings. The number of hydrogen-bond donors (Lipinski definition) is 0. The van der Waals surface area contributed by atoms with E-state index >= 15 is 0 Å². The van der Waals surface area contributed by atoms with Gasteiger partial charge in [0.25, 0.3) is 7.82 Å². The van der Waals surface area contributed by atoms with Crippen LogP contribution in [0.15, 0.2) is 24.3 Å². The number of phosphoric ester groups is 1. The van der Waals surface area contributed by atoms with Gasteiger partial charge >= 0.3 is 5.97 Å². The van der Waals surface area contributed by atoms with Crippen molar-refractivity contribution >= 4 is 13.8 Å².